The Morgan fingerprint density at radius 2 is 2.36 bits per heavy atom. The Balaban J connectivity index is 2.28. The highest BCUT2D eigenvalue weighted by molar-refractivity contribution is 5.85. The van der Waals surface area contributed by atoms with E-state index in [9.17, 15) is 9.59 Å². The molecule has 4 N–H and O–H groups in total. The number of hydrogen-bond acceptors (Lipinski definition) is 3. The van der Waals surface area contributed by atoms with E-state index in [0.29, 0.717) is 13.0 Å². The molecule has 0 aromatic heterocycles. The first-order valence-electron chi connectivity index (χ1n) is 4.76. The summed E-state index contributed by atoms with van der Waals surface area (Å²) >= 11 is 0. The minimum atomic E-state index is -0.859. The largest absolute Gasteiger partial charge is 0.352 e. The summed E-state index contributed by atoms with van der Waals surface area (Å²) in [6, 6.07) is 0.0637. The normalized spacial score (nSPS) is 21.9. The number of carbonyl (C=O) groups is 2. The number of nitrogens with two attached hydrogens (primary N) is 1. The Bertz CT molecular complexity index is 245. The molecule has 14 heavy (non-hydrogen) atoms. The summed E-state index contributed by atoms with van der Waals surface area (Å²) < 4.78 is 0. The standard InChI is InChI=1S/C9H17N3O2/c1-9(2,10)8(14)11-5-6-3-4-7(13)12-6/h6H,3-5,10H2,1-2H3,(H,11,14)(H,12,13). The molecule has 80 valence electrons. The molecule has 5 nitrogen and oxygen atoms in total. The topological polar surface area (TPSA) is 84.2 Å². The van der Waals surface area contributed by atoms with Gasteiger partial charge in [-0.05, 0) is 20.3 Å². The molecule has 2 amide bonds. The van der Waals surface area contributed by atoms with Gasteiger partial charge in [-0.25, -0.2) is 0 Å². The molecular formula is C9H17N3O2. The van der Waals surface area contributed by atoms with Gasteiger partial charge in [-0.3, -0.25) is 9.59 Å². The van der Waals surface area contributed by atoms with Crippen molar-refractivity contribution in [2.45, 2.75) is 38.3 Å². The van der Waals surface area contributed by atoms with Crippen LogP contribution in [0.2, 0.25) is 0 Å². The summed E-state index contributed by atoms with van der Waals surface area (Å²) in [5.41, 5.74) is 4.73. The van der Waals surface area contributed by atoms with Gasteiger partial charge < -0.3 is 16.4 Å². The molecule has 0 saturated carbocycles. The summed E-state index contributed by atoms with van der Waals surface area (Å²) in [6.07, 6.45) is 1.33. The predicted molar refractivity (Wildman–Crippen MR) is 52.4 cm³/mol. The highest BCUT2D eigenvalue weighted by atomic mass is 16.2. The zero-order chi connectivity index (χ0) is 10.8. The van der Waals surface area contributed by atoms with Crippen LogP contribution in [0.15, 0.2) is 0 Å². The van der Waals surface area contributed by atoms with E-state index >= 15 is 0 Å². The van der Waals surface area contributed by atoms with Crippen LogP contribution in [0.1, 0.15) is 26.7 Å². The second kappa shape index (κ2) is 3.96. The molecule has 1 fully saturated rings. The summed E-state index contributed by atoms with van der Waals surface area (Å²) in [6.45, 7) is 3.76. The van der Waals surface area contributed by atoms with Crippen molar-refractivity contribution < 1.29 is 9.59 Å². The third-order valence-corrected chi connectivity index (χ3v) is 2.18. The van der Waals surface area contributed by atoms with Crippen molar-refractivity contribution in [3.8, 4) is 0 Å². The van der Waals surface area contributed by atoms with E-state index in [-0.39, 0.29) is 17.9 Å². The van der Waals surface area contributed by atoms with Crippen LogP contribution in [-0.4, -0.2) is 29.9 Å². The predicted octanol–water partition coefficient (Wildman–Crippen LogP) is -0.881. The molecule has 1 atom stereocenters. The lowest BCUT2D eigenvalue weighted by molar-refractivity contribution is -0.125. The Kier molecular flexibility index (Phi) is 3.10. The lowest BCUT2D eigenvalue weighted by atomic mass is 10.1. The van der Waals surface area contributed by atoms with Crippen molar-refractivity contribution >= 4 is 11.8 Å². The maximum atomic E-state index is 11.4. The molecule has 5 heteroatoms. The fourth-order valence-corrected chi connectivity index (χ4v) is 1.27. The van der Waals surface area contributed by atoms with Crippen LogP contribution in [0.4, 0.5) is 0 Å². The summed E-state index contributed by atoms with van der Waals surface area (Å²) in [5, 5.41) is 5.47. The third kappa shape index (κ3) is 2.99. The molecule has 0 aromatic carbocycles. The lowest BCUT2D eigenvalue weighted by Crippen LogP contribution is -2.51. The van der Waals surface area contributed by atoms with Crippen molar-refractivity contribution in [2.75, 3.05) is 6.54 Å². The first kappa shape index (κ1) is 11.0. The number of nitrogens with one attached hydrogen (secondary N) is 2. The molecule has 1 aliphatic heterocycles. The molecule has 0 spiro atoms. The minimum Gasteiger partial charge on any atom is -0.352 e. The van der Waals surface area contributed by atoms with E-state index in [1.165, 1.54) is 0 Å². The van der Waals surface area contributed by atoms with Crippen molar-refractivity contribution in [3.63, 3.8) is 0 Å². The highest BCUT2D eigenvalue weighted by Crippen LogP contribution is 2.05. The fourth-order valence-electron chi connectivity index (χ4n) is 1.27. The van der Waals surface area contributed by atoms with Crippen LogP contribution in [-0.2, 0) is 9.59 Å². The molecule has 0 aromatic rings. The molecule has 1 heterocycles. The maximum Gasteiger partial charge on any atom is 0.239 e. The SMILES string of the molecule is CC(C)(N)C(=O)NCC1CCC(=O)N1. The van der Waals surface area contributed by atoms with E-state index in [2.05, 4.69) is 10.6 Å². The Morgan fingerprint density at radius 1 is 1.71 bits per heavy atom. The molecule has 0 bridgehead atoms. The van der Waals surface area contributed by atoms with Crippen molar-refractivity contribution in [2.24, 2.45) is 5.73 Å². The van der Waals surface area contributed by atoms with E-state index < -0.39 is 5.54 Å². The molecular weight excluding hydrogens is 182 g/mol. The molecule has 1 aliphatic rings. The van der Waals surface area contributed by atoms with Crippen LogP contribution in [0, 0.1) is 0 Å². The monoisotopic (exact) mass is 199 g/mol. The van der Waals surface area contributed by atoms with Gasteiger partial charge in [0, 0.05) is 19.0 Å². The van der Waals surface area contributed by atoms with Crippen LogP contribution >= 0.6 is 0 Å². The lowest BCUT2D eigenvalue weighted by Gasteiger charge is -2.19. The zero-order valence-corrected chi connectivity index (χ0v) is 8.59. The summed E-state index contributed by atoms with van der Waals surface area (Å²) in [4.78, 5) is 22.2. The smallest absolute Gasteiger partial charge is 0.239 e. The maximum absolute atomic E-state index is 11.4. The number of rotatable bonds is 3. The average molecular weight is 199 g/mol. The van der Waals surface area contributed by atoms with Crippen molar-refractivity contribution in [3.05, 3.63) is 0 Å². The Hall–Kier alpha value is -1.10. The van der Waals surface area contributed by atoms with Gasteiger partial charge in [0.2, 0.25) is 11.8 Å². The summed E-state index contributed by atoms with van der Waals surface area (Å²) in [7, 11) is 0. The van der Waals surface area contributed by atoms with Gasteiger partial charge in [0.05, 0.1) is 5.54 Å². The zero-order valence-electron chi connectivity index (χ0n) is 8.59. The van der Waals surface area contributed by atoms with Crippen LogP contribution in [0.3, 0.4) is 0 Å². The van der Waals surface area contributed by atoms with Gasteiger partial charge in [0.1, 0.15) is 0 Å². The quantitative estimate of drug-likeness (QED) is 0.552. The Morgan fingerprint density at radius 3 is 2.79 bits per heavy atom. The van der Waals surface area contributed by atoms with E-state index in [1.54, 1.807) is 13.8 Å². The molecule has 1 saturated heterocycles. The van der Waals surface area contributed by atoms with E-state index in [0.717, 1.165) is 6.42 Å². The second-order valence-electron chi connectivity index (χ2n) is 4.23. The first-order valence-corrected chi connectivity index (χ1v) is 4.76. The van der Waals surface area contributed by atoms with Gasteiger partial charge in [-0.2, -0.15) is 0 Å². The van der Waals surface area contributed by atoms with E-state index in [1.807, 2.05) is 0 Å². The third-order valence-electron chi connectivity index (χ3n) is 2.18. The first-order chi connectivity index (χ1) is 6.39. The van der Waals surface area contributed by atoms with Crippen LogP contribution < -0.4 is 16.4 Å². The molecule has 1 rings (SSSR count). The second-order valence-corrected chi connectivity index (χ2v) is 4.23. The van der Waals surface area contributed by atoms with Gasteiger partial charge in [0.25, 0.3) is 0 Å². The number of amides is 2. The number of carbonyl (C=O) groups excluding carboxylic acids is 2. The molecule has 0 radical (unpaired) electrons. The summed E-state index contributed by atoms with van der Waals surface area (Å²) in [5.74, 6) is -0.144. The van der Waals surface area contributed by atoms with Crippen molar-refractivity contribution in [1.29, 1.82) is 0 Å². The van der Waals surface area contributed by atoms with Gasteiger partial charge in [-0.1, -0.05) is 0 Å². The Labute approximate surface area is 83.4 Å². The average Bonchev–Trinajstić information content (AvgIpc) is 2.45. The van der Waals surface area contributed by atoms with Gasteiger partial charge in [0.15, 0.2) is 0 Å². The molecule has 0 aliphatic carbocycles. The fraction of sp³-hybridized carbons (Fsp3) is 0.778. The van der Waals surface area contributed by atoms with Gasteiger partial charge in [-0.15, -0.1) is 0 Å². The van der Waals surface area contributed by atoms with Crippen LogP contribution in [0.5, 0.6) is 0 Å². The highest BCUT2D eigenvalue weighted by Gasteiger charge is 2.25. The molecule has 1 unspecified atom stereocenters. The number of hydrogen-bond donors (Lipinski definition) is 3. The van der Waals surface area contributed by atoms with Gasteiger partial charge >= 0.3 is 0 Å². The van der Waals surface area contributed by atoms with Crippen LogP contribution in [0.25, 0.3) is 0 Å². The van der Waals surface area contributed by atoms with E-state index in [4.69, 9.17) is 5.73 Å². The minimum absolute atomic E-state index is 0.0521. The van der Waals surface area contributed by atoms with Crippen molar-refractivity contribution in [1.82, 2.24) is 10.6 Å².